The van der Waals surface area contributed by atoms with Gasteiger partial charge >= 0.3 is 5.97 Å². The average Bonchev–Trinajstić information content (AvgIpc) is 2.68. The number of ether oxygens (including phenoxy) is 2. The highest BCUT2D eigenvalue weighted by Crippen LogP contribution is 2.14. The van der Waals surface area contributed by atoms with Gasteiger partial charge in [0.05, 0.1) is 5.70 Å². The van der Waals surface area contributed by atoms with E-state index in [0.717, 1.165) is 5.56 Å². The van der Waals surface area contributed by atoms with Crippen molar-refractivity contribution < 1.29 is 14.3 Å². The Balaban J connectivity index is 1.95. The van der Waals surface area contributed by atoms with Crippen molar-refractivity contribution in [3.05, 3.63) is 47.7 Å². The van der Waals surface area contributed by atoms with Crippen LogP contribution >= 0.6 is 0 Å². The van der Waals surface area contributed by atoms with Crippen molar-refractivity contribution in [3.63, 3.8) is 0 Å². The summed E-state index contributed by atoms with van der Waals surface area (Å²) in [6, 6.07) is 9.91. The maximum Gasteiger partial charge on any atom is 0.335 e. The van der Waals surface area contributed by atoms with Crippen LogP contribution in [-0.2, 0) is 20.8 Å². The number of benzene rings is 1. The van der Waals surface area contributed by atoms with Gasteiger partial charge in [0, 0.05) is 19.7 Å². The van der Waals surface area contributed by atoms with Crippen LogP contribution in [0.15, 0.2) is 42.1 Å². The fraction of sp³-hybridized carbons (Fsp3) is 0.250. The molecule has 2 rings (SSSR count). The molecule has 0 unspecified atom stereocenters. The lowest BCUT2D eigenvalue weighted by molar-refractivity contribution is -0.155. The number of hydrogen-bond donors (Lipinski definition) is 1. The molecule has 1 aromatic rings. The van der Waals surface area contributed by atoms with E-state index in [1.807, 2.05) is 30.3 Å². The third-order valence-electron chi connectivity index (χ3n) is 2.30. The van der Waals surface area contributed by atoms with Crippen LogP contribution in [0.25, 0.3) is 0 Å². The summed E-state index contributed by atoms with van der Waals surface area (Å²) in [5, 5.41) is 3.12. The van der Waals surface area contributed by atoms with Gasteiger partial charge in [-0.25, -0.2) is 4.79 Å². The van der Waals surface area contributed by atoms with E-state index >= 15 is 0 Å². The molecule has 0 saturated heterocycles. The quantitative estimate of drug-likeness (QED) is 0.773. The topological polar surface area (TPSA) is 47.6 Å². The van der Waals surface area contributed by atoms with Gasteiger partial charge in [-0.15, -0.1) is 0 Å². The lowest BCUT2D eigenvalue weighted by Crippen LogP contribution is -2.24. The molecule has 0 aliphatic carbocycles. The zero-order chi connectivity index (χ0) is 11.4. The molecule has 1 aromatic carbocycles. The normalized spacial score (nSPS) is 19.2. The molecule has 0 spiro atoms. The van der Waals surface area contributed by atoms with Crippen molar-refractivity contribution in [1.29, 1.82) is 0 Å². The lowest BCUT2D eigenvalue weighted by atomic mass is 10.2. The van der Waals surface area contributed by atoms with Crippen LogP contribution in [0.1, 0.15) is 5.56 Å². The second-order valence-corrected chi connectivity index (χ2v) is 3.44. The Bertz CT molecular complexity index is 400. The van der Waals surface area contributed by atoms with Crippen LogP contribution in [0.3, 0.4) is 0 Å². The van der Waals surface area contributed by atoms with Gasteiger partial charge in [0.2, 0.25) is 6.29 Å². The van der Waals surface area contributed by atoms with E-state index in [1.165, 1.54) is 13.2 Å². The smallest absolute Gasteiger partial charge is 0.335 e. The molecule has 0 saturated carbocycles. The number of methoxy groups -OCH3 is 1. The van der Waals surface area contributed by atoms with Gasteiger partial charge in [-0.1, -0.05) is 30.3 Å². The number of hydrogen-bond acceptors (Lipinski definition) is 4. The van der Waals surface area contributed by atoms with Gasteiger partial charge in [-0.05, 0) is 5.56 Å². The minimum Gasteiger partial charge on any atom is -0.426 e. The van der Waals surface area contributed by atoms with E-state index in [4.69, 9.17) is 9.47 Å². The minimum absolute atomic E-state index is 0.373. The van der Waals surface area contributed by atoms with Crippen LogP contribution in [-0.4, -0.2) is 19.4 Å². The summed E-state index contributed by atoms with van der Waals surface area (Å²) in [7, 11) is 1.50. The molecule has 0 bridgehead atoms. The minimum atomic E-state index is -0.601. The molecule has 0 radical (unpaired) electrons. The van der Waals surface area contributed by atoms with E-state index in [0.29, 0.717) is 12.2 Å². The fourth-order valence-electron chi connectivity index (χ4n) is 1.51. The second-order valence-electron chi connectivity index (χ2n) is 3.44. The molecular weight excluding hydrogens is 206 g/mol. The zero-order valence-electron chi connectivity index (χ0n) is 8.97. The Labute approximate surface area is 93.9 Å². The van der Waals surface area contributed by atoms with Gasteiger partial charge in [-0.2, -0.15) is 0 Å². The molecule has 4 heteroatoms. The van der Waals surface area contributed by atoms with Crippen molar-refractivity contribution >= 4 is 5.97 Å². The maximum absolute atomic E-state index is 11.0. The number of nitrogens with one attached hydrogen (secondary N) is 1. The van der Waals surface area contributed by atoms with E-state index in [1.54, 1.807) is 0 Å². The third-order valence-corrected chi connectivity index (χ3v) is 2.30. The molecule has 0 fully saturated rings. The van der Waals surface area contributed by atoms with Gasteiger partial charge in [0.1, 0.15) is 0 Å². The average molecular weight is 219 g/mol. The van der Waals surface area contributed by atoms with Crippen molar-refractivity contribution in [2.24, 2.45) is 0 Å². The van der Waals surface area contributed by atoms with Crippen molar-refractivity contribution in [2.75, 3.05) is 7.11 Å². The molecule has 4 nitrogen and oxygen atoms in total. The van der Waals surface area contributed by atoms with E-state index in [-0.39, 0.29) is 5.97 Å². The van der Waals surface area contributed by atoms with Gasteiger partial charge < -0.3 is 14.8 Å². The molecule has 1 aliphatic heterocycles. The summed E-state index contributed by atoms with van der Waals surface area (Å²) in [5.41, 5.74) is 1.80. The Morgan fingerprint density at radius 2 is 2.12 bits per heavy atom. The molecule has 16 heavy (non-hydrogen) atoms. The largest absolute Gasteiger partial charge is 0.426 e. The highest BCUT2D eigenvalue weighted by Gasteiger charge is 2.25. The van der Waals surface area contributed by atoms with E-state index in [9.17, 15) is 4.79 Å². The highest BCUT2D eigenvalue weighted by atomic mass is 16.7. The molecular formula is C12H13NO3. The first kappa shape index (κ1) is 10.7. The molecule has 1 N–H and O–H groups in total. The molecule has 0 amide bonds. The van der Waals surface area contributed by atoms with E-state index in [2.05, 4.69) is 5.32 Å². The van der Waals surface area contributed by atoms with Crippen LogP contribution in [0.2, 0.25) is 0 Å². The maximum atomic E-state index is 11.0. The van der Waals surface area contributed by atoms with Crippen molar-refractivity contribution in [1.82, 2.24) is 5.32 Å². The summed E-state index contributed by atoms with van der Waals surface area (Å²) >= 11 is 0. The number of esters is 1. The van der Waals surface area contributed by atoms with Gasteiger partial charge in [-0.3, -0.25) is 0 Å². The lowest BCUT2D eigenvalue weighted by Gasteiger charge is -2.13. The monoisotopic (exact) mass is 219 g/mol. The summed E-state index contributed by atoms with van der Waals surface area (Å²) in [6.07, 6.45) is 0.813. The van der Waals surface area contributed by atoms with Crippen LogP contribution in [0.4, 0.5) is 0 Å². The van der Waals surface area contributed by atoms with Crippen molar-refractivity contribution in [3.8, 4) is 0 Å². The summed E-state index contributed by atoms with van der Waals surface area (Å²) in [5.74, 6) is -0.373. The standard InChI is InChI=1S/C12H13NO3/c1-15-12-10(7-11(14)16-12)13-8-9-5-3-2-4-6-9/h2-7,12-13H,8H2,1H3/t12-/m0/s1. The van der Waals surface area contributed by atoms with Crippen molar-refractivity contribution in [2.45, 2.75) is 12.8 Å². The molecule has 0 aromatic heterocycles. The first-order valence-corrected chi connectivity index (χ1v) is 5.02. The van der Waals surface area contributed by atoms with E-state index < -0.39 is 6.29 Å². The Morgan fingerprint density at radius 1 is 1.38 bits per heavy atom. The van der Waals surface area contributed by atoms with Crippen LogP contribution in [0, 0.1) is 0 Å². The first-order chi connectivity index (χ1) is 7.79. The highest BCUT2D eigenvalue weighted by molar-refractivity contribution is 5.85. The zero-order valence-corrected chi connectivity index (χ0v) is 8.97. The first-order valence-electron chi connectivity index (χ1n) is 5.02. The SMILES string of the molecule is CO[C@H]1OC(=O)C=C1NCc1ccccc1. The number of rotatable bonds is 4. The number of carbonyl (C=O) groups excluding carboxylic acids is 1. The molecule has 1 atom stereocenters. The van der Waals surface area contributed by atoms with Crippen LogP contribution < -0.4 is 5.32 Å². The molecule has 84 valence electrons. The fourth-order valence-corrected chi connectivity index (χ4v) is 1.51. The molecule has 1 aliphatic rings. The Hall–Kier alpha value is -1.81. The predicted octanol–water partition coefficient (Wildman–Crippen LogP) is 1.19. The Kier molecular flexibility index (Phi) is 3.22. The van der Waals surface area contributed by atoms with Gasteiger partial charge in [0.25, 0.3) is 0 Å². The summed E-state index contributed by atoms with van der Waals surface area (Å²) in [6.45, 7) is 0.642. The second kappa shape index (κ2) is 4.81. The Morgan fingerprint density at radius 3 is 2.81 bits per heavy atom. The third kappa shape index (κ3) is 2.41. The number of carbonyl (C=O) groups is 1. The summed E-state index contributed by atoms with van der Waals surface area (Å²) in [4.78, 5) is 11.0. The summed E-state index contributed by atoms with van der Waals surface area (Å²) < 4.78 is 9.90. The van der Waals surface area contributed by atoms with Crippen LogP contribution in [0.5, 0.6) is 0 Å². The predicted molar refractivity (Wildman–Crippen MR) is 58.3 cm³/mol. The number of cyclic esters (lactones) is 1. The molecule has 1 heterocycles. The van der Waals surface area contributed by atoms with Gasteiger partial charge in [0.15, 0.2) is 0 Å².